The molecule has 1 aromatic heterocycles. The first-order chi connectivity index (χ1) is 14.0. The fourth-order valence-electron chi connectivity index (χ4n) is 4.56. The number of para-hydroxylation sites is 1. The summed E-state index contributed by atoms with van der Waals surface area (Å²) in [7, 11) is 1.63. The molecular formula is C21H18N4O4. The summed E-state index contributed by atoms with van der Waals surface area (Å²) >= 11 is 0. The highest BCUT2D eigenvalue weighted by Crippen LogP contribution is 2.42. The number of rotatable bonds is 2. The number of aromatic amines is 1. The zero-order valence-electron chi connectivity index (χ0n) is 15.7. The summed E-state index contributed by atoms with van der Waals surface area (Å²) in [5.41, 5.74) is 3.28. The second-order valence-electron chi connectivity index (χ2n) is 7.53. The molecule has 2 aliphatic rings. The fourth-order valence-corrected chi connectivity index (χ4v) is 4.56. The molecule has 2 aromatic carbocycles. The Balaban J connectivity index is 1.76. The molecule has 2 aliphatic heterocycles. The van der Waals surface area contributed by atoms with Crippen LogP contribution in [-0.4, -0.2) is 51.2 Å². The lowest BCUT2D eigenvalue weighted by Crippen LogP contribution is -2.62. The molecule has 3 heterocycles. The van der Waals surface area contributed by atoms with Crippen LogP contribution in [0.4, 0.5) is 5.69 Å². The number of nitrogens with zero attached hydrogens (tertiary/aromatic N) is 3. The topological polar surface area (TPSA) is 99.5 Å². The first kappa shape index (κ1) is 17.4. The summed E-state index contributed by atoms with van der Waals surface area (Å²) in [6, 6.07) is 12.9. The molecule has 8 nitrogen and oxygen atoms in total. The van der Waals surface area contributed by atoms with Crippen molar-refractivity contribution in [2.45, 2.75) is 18.5 Å². The van der Waals surface area contributed by atoms with Crippen molar-refractivity contribution < 1.29 is 14.5 Å². The third kappa shape index (κ3) is 2.52. The number of nitrogens with one attached hydrogen (secondary N) is 1. The van der Waals surface area contributed by atoms with Gasteiger partial charge >= 0.3 is 0 Å². The van der Waals surface area contributed by atoms with Gasteiger partial charge in [-0.2, -0.15) is 0 Å². The van der Waals surface area contributed by atoms with Gasteiger partial charge in [-0.15, -0.1) is 0 Å². The van der Waals surface area contributed by atoms with E-state index in [0.29, 0.717) is 12.0 Å². The van der Waals surface area contributed by atoms with Crippen molar-refractivity contribution in [1.82, 2.24) is 14.8 Å². The molecule has 29 heavy (non-hydrogen) atoms. The summed E-state index contributed by atoms with van der Waals surface area (Å²) in [6.45, 7) is -0.00365. The molecule has 0 bridgehead atoms. The van der Waals surface area contributed by atoms with Crippen molar-refractivity contribution in [3.8, 4) is 0 Å². The van der Waals surface area contributed by atoms with E-state index < -0.39 is 17.0 Å². The number of fused-ring (bicyclic) bond motifs is 4. The first-order valence-corrected chi connectivity index (χ1v) is 9.35. The Labute approximate surface area is 165 Å². The van der Waals surface area contributed by atoms with E-state index in [9.17, 15) is 19.7 Å². The Bertz CT molecular complexity index is 1180. The highest BCUT2D eigenvalue weighted by molar-refractivity contribution is 5.97. The lowest BCUT2D eigenvalue weighted by atomic mass is 9.86. The van der Waals surface area contributed by atoms with Crippen LogP contribution >= 0.6 is 0 Å². The van der Waals surface area contributed by atoms with Gasteiger partial charge in [-0.05, 0) is 17.2 Å². The van der Waals surface area contributed by atoms with Gasteiger partial charge in [0.1, 0.15) is 6.04 Å². The van der Waals surface area contributed by atoms with Gasteiger partial charge < -0.3 is 14.8 Å². The van der Waals surface area contributed by atoms with E-state index in [-0.39, 0.29) is 24.0 Å². The SMILES string of the molecule is CN1CC(=O)N2[C@@H](c3cccc([N+](=O)[O-])c3)c3[nH]c4ccccc4c3C[C@H]2C1=O. The van der Waals surface area contributed by atoms with Crippen molar-refractivity contribution >= 4 is 28.4 Å². The van der Waals surface area contributed by atoms with Crippen LogP contribution in [0.25, 0.3) is 10.9 Å². The lowest BCUT2D eigenvalue weighted by molar-refractivity contribution is -0.384. The van der Waals surface area contributed by atoms with E-state index in [0.717, 1.165) is 22.2 Å². The van der Waals surface area contributed by atoms with E-state index in [2.05, 4.69) is 4.98 Å². The molecule has 0 aliphatic carbocycles. The van der Waals surface area contributed by atoms with Crippen molar-refractivity contribution in [3.05, 3.63) is 75.5 Å². The zero-order valence-corrected chi connectivity index (χ0v) is 15.7. The molecule has 0 saturated carbocycles. The number of hydrogen-bond acceptors (Lipinski definition) is 4. The number of likely N-dealkylation sites (N-methyl/N-ethyl adjacent to an activating group) is 1. The molecule has 2 amide bonds. The van der Waals surface area contributed by atoms with Crippen LogP contribution in [0.3, 0.4) is 0 Å². The number of nitro benzene ring substituents is 1. The summed E-state index contributed by atoms with van der Waals surface area (Å²) in [6.07, 6.45) is 0.416. The van der Waals surface area contributed by atoms with Gasteiger partial charge in [-0.25, -0.2) is 0 Å². The number of hydrogen-bond donors (Lipinski definition) is 1. The maximum Gasteiger partial charge on any atom is 0.269 e. The first-order valence-electron chi connectivity index (χ1n) is 9.35. The second-order valence-corrected chi connectivity index (χ2v) is 7.53. The molecule has 1 saturated heterocycles. The smallest absolute Gasteiger partial charge is 0.269 e. The minimum Gasteiger partial charge on any atom is -0.356 e. The van der Waals surface area contributed by atoms with Crippen LogP contribution in [0.15, 0.2) is 48.5 Å². The van der Waals surface area contributed by atoms with E-state index in [1.54, 1.807) is 24.1 Å². The molecule has 0 unspecified atom stereocenters. The molecule has 5 rings (SSSR count). The standard InChI is InChI=1S/C21H18N4O4/c1-23-11-18(26)24-17(21(23)27)10-15-14-7-2-3-8-16(14)22-19(15)20(24)12-5-4-6-13(9-12)25(28)29/h2-9,17,20,22H,10-11H2,1H3/t17-,20-/m0/s1. The van der Waals surface area contributed by atoms with E-state index in [1.807, 2.05) is 24.3 Å². The van der Waals surface area contributed by atoms with E-state index in [1.165, 1.54) is 17.0 Å². The molecular weight excluding hydrogens is 372 g/mol. The number of nitro groups is 1. The monoisotopic (exact) mass is 390 g/mol. The fraction of sp³-hybridized carbons (Fsp3) is 0.238. The maximum absolute atomic E-state index is 13.0. The van der Waals surface area contributed by atoms with Gasteiger partial charge in [-0.1, -0.05) is 30.3 Å². The molecule has 1 N–H and O–H groups in total. The van der Waals surface area contributed by atoms with Crippen LogP contribution < -0.4 is 0 Å². The molecule has 146 valence electrons. The predicted molar refractivity (Wildman–Crippen MR) is 105 cm³/mol. The van der Waals surface area contributed by atoms with Gasteiger partial charge in [0.15, 0.2) is 0 Å². The van der Waals surface area contributed by atoms with Gasteiger partial charge in [0.05, 0.1) is 17.5 Å². The quantitative estimate of drug-likeness (QED) is 0.536. The average Bonchev–Trinajstić information content (AvgIpc) is 3.09. The van der Waals surface area contributed by atoms with Crippen molar-refractivity contribution in [2.75, 3.05) is 13.6 Å². The van der Waals surface area contributed by atoms with Crippen LogP contribution in [0.1, 0.15) is 22.9 Å². The Kier molecular flexibility index (Phi) is 3.70. The minimum atomic E-state index is -0.628. The van der Waals surface area contributed by atoms with E-state index in [4.69, 9.17) is 0 Å². The van der Waals surface area contributed by atoms with E-state index >= 15 is 0 Å². The molecule has 1 fully saturated rings. The maximum atomic E-state index is 13.0. The van der Waals surface area contributed by atoms with Gasteiger partial charge in [0, 0.05) is 42.2 Å². The number of carbonyl (C=O) groups excluding carboxylic acids is 2. The lowest BCUT2D eigenvalue weighted by Gasteiger charge is -2.46. The van der Waals surface area contributed by atoms with Crippen molar-refractivity contribution in [2.24, 2.45) is 0 Å². The number of amides is 2. The third-order valence-electron chi connectivity index (χ3n) is 5.85. The average molecular weight is 390 g/mol. The van der Waals surface area contributed by atoms with Gasteiger partial charge in [0.25, 0.3) is 5.69 Å². The molecule has 0 radical (unpaired) electrons. The predicted octanol–water partition coefficient (Wildman–Crippen LogP) is 2.39. The molecule has 0 spiro atoms. The van der Waals surface area contributed by atoms with Crippen LogP contribution in [-0.2, 0) is 16.0 Å². The number of aromatic nitrogens is 1. The number of non-ortho nitro benzene ring substituents is 1. The van der Waals surface area contributed by atoms with Gasteiger partial charge in [-0.3, -0.25) is 19.7 Å². The number of H-pyrrole nitrogens is 1. The Morgan fingerprint density at radius 2 is 1.93 bits per heavy atom. The summed E-state index contributed by atoms with van der Waals surface area (Å²) in [5, 5.41) is 12.3. The highest BCUT2D eigenvalue weighted by Gasteiger charge is 2.47. The molecule has 3 aromatic rings. The zero-order chi connectivity index (χ0) is 20.3. The molecule has 8 heteroatoms. The van der Waals surface area contributed by atoms with Gasteiger partial charge in [0.2, 0.25) is 11.8 Å². The molecule has 2 atom stereocenters. The number of benzene rings is 2. The second kappa shape index (κ2) is 6.16. The van der Waals surface area contributed by atoms with Crippen LogP contribution in [0, 0.1) is 10.1 Å². The Morgan fingerprint density at radius 3 is 2.72 bits per heavy atom. The minimum absolute atomic E-state index is 0.00365. The van der Waals surface area contributed by atoms with Crippen LogP contribution in [0.5, 0.6) is 0 Å². The number of piperazine rings is 1. The van der Waals surface area contributed by atoms with Crippen LogP contribution in [0.2, 0.25) is 0 Å². The Morgan fingerprint density at radius 1 is 1.14 bits per heavy atom. The normalized spacial score (nSPS) is 21.3. The third-order valence-corrected chi connectivity index (χ3v) is 5.85. The summed E-state index contributed by atoms with van der Waals surface area (Å²) in [4.78, 5) is 43.3. The Hall–Kier alpha value is -3.68. The number of carbonyl (C=O) groups is 2. The summed E-state index contributed by atoms with van der Waals surface area (Å²) in [5.74, 6) is -0.283. The van der Waals surface area contributed by atoms with Crippen molar-refractivity contribution in [1.29, 1.82) is 0 Å². The van der Waals surface area contributed by atoms with Crippen molar-refractivity contribution in [3.63, 3.8) is 0 Å². The highest BCUT2D eigenvalue weighted by atomic mass is 16.6. The largest absolute Gasteiger partial charge is 0.356 e. The summed E-state index contributed by atoms with van der Waals surface area (Å²) < 4.78 is 0.